The summed E-state index contributed by atoms with van der Waals surface area (Å²) in [5.41, 5.74) is 0.803. The van der Waals surface area contributed by atoms with Crippen LogP contribution in [-0.2, 0) is 23.5 Å². The predicted molar refractivity (Wildman–Crippen MR) is 82.9 cm³/mol. The van der Waals surface area contributed by atoms with Gasteiger partial charge in [-0.3, -0.25) is 0 Å². The molecule has 0 bridgehead atoms. The lowest BCUT2D eigenvalue weighted by Gasteiger charge is -2.11. The van der Waals surface area contributed by atoms with Crippen molar-refractivity contribution in [1.82, 2.24) is 14.3 Å². The molecule has 0 saturated carbocycles. The van der Waals surface area contributed by atoms with Gasteiger partial charge in [0.2, 0.25) is 0 Å². The van der Waals surface area contributed by atoms with Gasteiger partial charge in [0.1, 0.15) is 11.3 Å². The monoisotopic (exact) mass is 319 g/mol. The third kappa shape index (κ3) is 3.05. The maximum absolute atomic E-state index is 12.2. The van der Waals surface area contributed by atoms with Crippen LogP contribution in [0.4, 0.5) is 0 Å². The van der Waals surface area contributed by atoms with E-state index in [-0.39, 0.29) is 11.1 Å². The molecule has 0 aliphatic rings. The number of hydrogen-bond donors (Lipinski definition) is 1. The number of para-hydroxylation sites is 1. The van der Waals surface area contributed by atoms with Crippen molar-refractivity contribution in [2.45, 2.75) is 24.4 Å². The average Bonchev–Trinajstić information content (AvgIpc) is 3.03. The van der Waals surface area contributed by atoms with Crippen molar-refractivity contribution in [1.29, 1.82) is 0 Å². The highest BCUT2D eigenvalue weighted by Gasteiger charge is 2.20. The number of fused-ring (bicyclic) bond motifs is 1. The fraction of sp³-hybridized carbons (Fsp3) is 0.267. The Hall–Kier alpha value is -2.12. The van der Waals surface area contributed by atoms with Gasteiger partial charge in [-0.25, -0.2) is 18.1 Å². The molecular formula is C15H17N3O3S. The molecule has 116 valence electrons. The van der Waals surface area contributed by atoms with E-state index in [0.717, 1.165) is 16.7 Å². The van der Waals surface area contributed by atoms with E-state index in [1.807, 2.05) is 30.3 Å². The molecule has 0 aliphatic carbocycles. The zero-order valence-electron chi connectivity index (χ0n) is 12.4. The molecule has 1 aromatic carbocycles. The Morgan fingerprint density at radius 3 is 2.82 bits per heavy atom. The first-order chi connectivity index (χ1) is 10.4. The lowest BCUT2D eigenvalue weighted by molar-refractivity contribution is 0.503. The highest BCUT2D eigenvalue weighted by atomic mass is 32.2. The van der Waals surface area contributed by atoms with Crippen molar-refractivity contribution in [3.05, 3.63) is 48.6 Å². The zero-order chi connectivity index (χ0) is 15.7. The van der Waals surface area contributed by atoms with Crippen LogP contribution in [0.1, 0.15) is 12.7 Å². The molecule has 7 heteroatoms. The topological polar surface area (TPSA) is 77.1 Å². The van der Waals surface area contributed by atoms with Crippen molar-refractivity contribution in [3.8, 4) is 0 Å². The number of furan rings is 1. The second-order valence-corrected chi connectivity index (χ2v) is 7.02. The van der Waals surface area contributed by atoms with Crippen LogP contribution in [0.5, 0.6) is 0 Å². The van der Waals surface area contributed by atoms with E-state index >= 15 is 0 Å². The molecule has 3 aromatic rings. The number of rotatable bonds is 5. The molecule has 6 nitrogen and oxygen atoms in total. The molecule has 1 N–H and O–H groups in total. The highest BCUT2D eigenvalue weighted by molar-refractivity contribution is 7.89. The minimum Gasteiger partial charge on any atom is -0.461 e. The number of sulfonamides is 1. The number of nitrogens with zero attached hydrogens (tertiary/aromatic N) is 2. The van der Waals surface area contributed by atoms with E-state index in [0.29, 0.717) is 6.42 Å². The summed E-state index contributed by atoms with van der Waals surface area (Å²) in [6, 6.07) is 9.33. The molecule has 0 saturated heterocycles. The number of aromatic nitrogens is 2. The van der Waals surface area contributed by atoms with Crippen molar-refractivity contribution in [2.24, 2.45) is 7.05 Å². The van der Waals surface area contributed by atoms with Gasteiger partial charge in [-0.1, -0.05) is 18.2 Å². The van der Waals surface area contributed by atoms with Crippen molar-refractivity contribution in [3.63, 3.8) is 0 Å². The van der Waals surface area contributed by atoms with E-state index in [9.17, 15) is 8.42 Å². The van der Waals surface area contributed by atoms with Crippen LogP contribution in [0.2, 0.25) is 0 Å². The summed E-state index contributed by atoms with van der Waals surface area (Å²) < 4.78 is 34.3. The maximum atomic E-state index is 12.2. The summed E-state index contributed by atoms with van der Waals surface area (Å²) in [5.74, 6) is 0.748. The van der Waals surface area contributed by atoms with Crippen molar-refractivity contribution < 1.29 is 12.8 Å². The fourth-order valence-corrected chi connectivity index (χ4v) is 3.56. The summed E-state index contributed by atoms with van der Waals surface area (Å²) >= 11 is 0. The first-order valence-corrected chi connectivity index (χ1v) is 8.40. The molecule has 2 heterocycles. The van der Waals surface area contributed by atoms with Crippen LogP contribution in [0, 0.1) is 0 Å². The van der Waals surface area contributed by atoms with Gasteiger partial charge in [0.05, 0.1) is 6.33 Å². The molecule has 1 atom stereocenters. The minimum atomic E-state index is -3.61. The number of nitrogens with one attached hydrogen (secondary N) is 1. The second kappa shape index (κ2) is 5.58. The standard InChI is InChI=1S/C15H17N3O3S/c1-11(17-22(19,20)15-9-18(2)10-16-15)7-13-8-12-5-3-4-6-14(12)21-13/h3-6,8-11,17H,7H2,1-2H3/t11-/m0/s1. The fourth-order valence-electron chi connectivity index (χ4n) is 2.33. The minimum absolute atomic E-state index is 0.0199. The van der Waals surface area contributed by atoms with Crippen molar-refractivity contribution in [2.75, 3.05) is 0 Å². The molecule has 0 fully saturated rings. The third-order valence-corrected chi connectivity index (χ3v) is 4.77. The van der Waals surface area contributed by atoms with E-state index in [4.69, 9.17) is 4.42 Å². The molecule has 0 amide bonds. The van der Waals surface area contributed by atoms with Crippen molar-refractivity contribution >= 4 is 21.0 Å². The molecule has 22 heavy (non-hydrogen) atoms. The highest BCUT2D eigenvalue weighted by Crippen LogP contribution is 2.20. The van der Waals surface area contributed by atoms with Gasteiger partial charge in [0, 0.05) is 31.1 Å². The zero-order valence-corrected chi connectivity index (χ0v) is 13.2. The van der Waals surface area contributed by atoms with E-state index < -0.39 is 10.0 Å². The molecule has 2 aromatic heterocycles. The number of hydrogen-bond acceptors (Lipinski definition) is 4. The Morgan fingerprint density at radius 2 is 2.14 bits per heavy atom. The Morgan fingerprint density at radius 1 is 1.36 bits per heavy atom. The molecule has 0 spiro atoms. The summed E-state index contributed by atoms with van der Waals surface area (Å²) in [6.07, 6.45) is 3.40. The molecular weight excluding hydrogens is 302 g/mol. The van der Waals surface area contributed by atoms with Gasteiger partial charge in [-0.05, 0) is 19.1 Å². The van der Waals surface area contributed by atoms with Crippen LogP contribution in [0.15, 0.2) is 52.3 Å². The van der Waals surface area contributed by atoms with Gasteiger partial charge < -0.3 is 8.98 Å². The van der Waals surface area contributed by atoms with E-state index in [1.165, 1.54) is 12.5 Å². The smallest absolute Gasteiger partial charge is 0.259 e. The van der Waals surface area contributed by atoms with Crippen LogP contribution in [-0.4, -0.2) is 24.0 Å². The summed E-state index contributed by atoms with van der Waals surface area (Å²) in [4.78, 5) is 3.87. The molecule has 0 aliphatic heterocycles. The predicted octanol–water partition coefficient (Wildman–Crippen LogP) is 2.08. The molecule has 0 unspecified atom stereocenters. The van der Waals surface area contributed by atoms with Gasteiger partial charge in [0.15, 0.2) is 5.03 Å². The molecule has 3 rings (SSSR count). The average molecular weight is 319 g/mol. The second-order valence-electron chi connectivity index (χ2n) is 5.35. The Bertz CT molecular complexity index is 863. The van der Waals surface area contributed by atoms with Crippen LogP contribution in [0.25, 0.3) is 11.0 Å². The van der Waals surface area contributed by atoms with E-state index in [1.54, 1.807) is 18.5 Å². The quantitative estimate of drug-likeness (QED) is 0.781. The third-order valence-electron chi connectivity index (χ3n) is 3.30. The van der Waals surface area contributed by atoms with Gasteiger partial charge in [-0.15, -0.1) is 0 Å². The summed E-state index contributed by atoms with van der Waals surface area (Å²) in [7, 11) is -1.89. The Balaban J connectivity index is 1.73. The van der Waals surface area contributed by atoms with Gasteiger partial charge in [-0.2, -0.15) is 0 Å². The SMILES string of the molecule is C[C@@H](Cc1cc2ccccc2o1)NS(=O)(=O)c1cn(C)cn1. The first-order valence-electron chi connectivity index (χ1n) is 6.92. The van der Waals surface area contributed by atoms with Gasteiger partial charge in [0.25, 0.3) is 10.0 Å². The number of aryl methyl sites for hydroxylation is 1. The number of imidazole rings is 1. The largest absolute Gasteiger partial charge is 0.461 e. The maximum Gasteiger partial charge on any atom is 0.259 e. The van der Waals surface area contributed by atoms with Crippen LogP contribution in [0.3, 0.4) is 0 Å². The molecule has 0 radical (unpaired) electrons. The summed E-state index contributed by atoms with van der Waals surface area (Å²) in [5, 5.41) is 1.03. The Kier molecular flexibility index (Phi) is 3.76. The Labute approximate surface area is 128 Å². The van der Waals surface area contributed by atoms with E-state index in [2.05, 4.69) is 9.71 Å². The first kappa shape index (κ1) is 14.8. The lowest BCUT2D eigenvalue weighted by Crippen LogP contribution is -2.34. The lowest BCUT2D eigenvalue weighted by atomic mass is 10.2. The summed E-state index contributed by atoms with van der Waals surface area (Å²) in [6.45, 7) is 1.80. The van der Waals surface area contributed by atoms with Crippen LogP contribution < -0.4 is 4.72 Å². The number of benzene rings is 1. The van der Waals surface area contributed by atoms with Gasteiger partial charge >= 0.3 is 0 Å². The van der Waals surface area contributed by atoms with Crippen LogP contribution >= 0.6 is 0 Å². The normalized spacial score (nSPS) is 13.5.